The lowest BCUT2D eigenvalue weighted by molar-refractivity contribution is -0.172. The van der Waals surface area contributed by atoms with Gasteiger partial charge < -0.3 is 68.9 Å². The summed E-state index contributed by atoms with van der Waals surface area (Å²) in [7, 11) is 0. The van der Waals surface area contributed by atoms with Gasteiger partial charge in [-0.25, -0.2) is 14.2 Å². The van der Waals surface area contributed by atoms with Crippen molar-refractivity contribution in [3.63, 3.8) is 0 Å². The van der Waals surface area contributed by atoms with Crippen molar-refractivity contribution in [1.82, 2.24) is 30.9 Å². The molecule has 7 rings (SSSR count). The Morgan fingerprint density at radius 3 is 2.20 bits per heavy atom. The first-order valence-electron chi connectivity index (χ1n) is 28.5. The summed E-state index contributed by atoms with van der Waals surface area (Å²) in [5, 5.41) is 27.7. The highest BCUT2D eigenvalue weighted by Gasteiger charge is 2.46. The second kappa shape index (κ2) is 31.3. The number of unbranched alkanes of at least 4 members (excludes halogenated alkanes) is 1. The number of halogens is 1. The minimum atomic E-state index is -2.04. The number of carbonyl (C=O) groups is 5. The van der Waals surface area contributed by atoms with Gasteiger partial charge >= 0.3 is 5.97 Å². The van der Waals surface area contributed by atoms with Crippen molar-refractivity contribution in [1.29, 1.82) is 0 Å². The first-order valence-corrected chi connectivity index (χ1v) is 28.5. The highest BCUT2D eigenvalue weighted by Crippen LogP contribution is 2.46. The molecular weight excluding hydrogens is 1090 g/mol. The topological polar surface area (TPSA) is 340 Å². The van der Waals surface area contributed by atoms with Gasteiger partial charge in [-0.1, -0.05) is 25.9 Å². The predicted molar refractivity (Wildman–Crippen MR) is 306 cm³/mol. The van der Waals surface area contributed by atoms with E-state index in [-0.39, 0.29) is 82.4 Å². The highest BCUT2D eigenvalue weighted by molar-refractivity contribution is 5.97. The molecule has 8 N–H and O–H groups in total. The summed E-state index contributed by atoms with van der Waals surface area (Å²) in [5.41, 5.74) is 11.8. The van der Waals surface area contributed by atoms with E-state index in [4.69, 9.17) is 49.5 Å². The van der Waals surface area contributed by atoms with Crippen LogP contribution in [0.3, 0.4) is 0 Å². The molecule has 0 fully saturated rings. The molecule has 1 aliphatic carbocycles. The standard InChI is InChI=1S/C58H78FN11O14/c1-5-58(77)43-30-47-52-41(32-70(47)55(75)42(43)33-84-56(58)76)50-45(13-12-40-37(4)44(59)31-46(65-52)49(40)50)66-53(73)38-8-10-39(11-9-38)62-34-57(35-71,15-6-7-16-63-60)68-54(74)51(36(2)3)67-48(72)14-18-78-20-22-80-24-26-82-28-29-83-27-25-81-23-21-79-19-17-64-69-61/h8-11,30-31,35-36,45,51,62-63,77H,5-7,12-29,32-34,60H2,1-4H3,(H,66,73)(H,67,72)(H,68,74)/t45-,51-,57?,58-/m0/s1. The van der Waals surface area contributed by atoms with Crippen molar-refractivity contribution < 1.29 is 66.6 Å². The molecular formula is C58H78FN11O14. The lowest BCUT2D eigenvalue weighted by Gasteiger charge is -2.33. The number of fused-ring (bicyclic) bond motifs is 5. The first kappa shape index (κ1) is 64.6. The molecule has 0 radical (unpaired) electrons. The number of amides is 3. The van der Waals surface area contributed by atoms with Gasteiger partial charge in [-0.3, -0.25) is 30.4 Å². The van der Waals surface area contributed by atoms with E-state index in [1.54, 1.807) is 58.0 Å². The Kier molecular flexibility index (Phi) is 24.0. The number of hydrazine groups is 1. The monoisotopic (exact) mass is 1170 g/mol. The number of hydrogen-bond donors (Lipinski definition) is 7. The fourth-order valence-corrected chi connectivity index (χ4v) is 10.6. The summed E-state index contributed by atoms with van der Waals surface area (Å²) in [6.45, 7) is 11.5. The molecule has 4 heterocycles. The van der Waals surface area contributed by atoms with E-state index in [9.17, 15) is 33.9 Å². The van der Waals surface area contributed by atoms with Crippen LogP contribution in [0.1, 0.15) is 109 Å². The zero-order chi connectivity index (χ0) is 60.2. The van der Waals surface area contributed by atoms with E-state index in [0.717, 1.165) is 5.56 Å². The predicted octanol–water partition coefficient (Wildman–Crippen LogP) is 3.98. The lowest BCUT2D eigenvalue weighted by Crippen LogP contribution is -2.60. The molecule has 3 amide bonds. The number of pyridine rings is 2. The Bertz CT molecular complexity index is 3070. The van der Waals surface area contributed by atoms with E-state index >= 15 is 4.39 Å². The zero-order valence-electron chi connectivity index (χ0n) is 48.2. The van der Waals surface area contributed by atoms with Gasteiger partial charge in [-0.05, 0) is 104 Å². The number of nitrogens with zero attached hydrogens (tertiary/aromatic N) is 5. The van der Waals surface area contributed by atoms with E-state index < -0.39 is 58.3 Å². The van der Waals surface area contributed by atoms with Crippen molar-refractivity contribution >= 4 is 46.6 Å². The van der Waals surface area contributed by atoms with E-state index in [0.29, 0.717) is 148 Å². The third kappa shape index (κ3) is 16.1. The number of rotatable bonds is 37. The molecule has 2 aromatic carbocycles. The van der Waals surface area contributed by atoms with Crippen LogP contribution in [0.25, 0.3) is 32.7 Å². The van der Waals surface area contributed by atoms with Gasteiger partial charge in [-0.15, -0.1) is 0 Å². The largest absolute Gasteiger partial charge is 0.458 e. The number of cyclic esters (lactones) is 1. The Labute approximate surface area is 486 Å². The number of ether oxygens (including phenoxy) is 7. The van der Waals surface area contributed by atoms with Gasteiger partial charge in [0.2, 0.25) is 11.8 Å². The number of carbonyl (C=O) groups excluding carboxylic acids is 5. The van der Waals surface area contributed by atoms with Crippen molar-refractivity contribution in [2.24, 2.45) is 16.9 Å². The maximum Gasteiger partial charge on any atom is 0.343 e. The number of azide groups is 1. The van der Waals surface area contributed by atoms with Gasteiger partial charge in [-0.2, -0.15) is 0 Å². The number of aldehydes is 1. The third-order valence-corrected chi connectivity index (χ3v) is 15.2. The zero-order valence-corrected chi connectivity index (χ0v) is 48.2. The Balaban J connectivity index is 0.901. The molecule has 84 heavy (non-hydrogen) atoms. The van der Waals surface area contributed by atoms with Crippen LogP contribution in [-0.2, 0) is 77.5 Å². The fourth-order valence-electron chi connectivity index (χ4n) is 10.6. The number of esters is 1. The molecule has 4 aromatic rings. The molecule has 2 aromatic heterocycles. The van der Waals surface area contributed by atoms with Crippen molar-refractivity contribution in [2.75, 3.05) is 104 Å². The molecule has 3 aliphatic rings. The summed E-state index contributed by atoms with van der Waals surface area (Å²) >= 11 is 0. The number of nitrogens with one attached hydrogen (secondary N) is 5. The van der Waals surface area contributed by atoms with Crippen LogP contribution in [0.2, 0.25) is 0 Å². The van der Waals surface area contributed by atoms with Crippen LogP contribution in [-0.4, -0.2) is 155 Å². The van der Waals surface area contributed by atoms with Crippen LogP contribution in [0.5, 0.6) is 0 Å². The second-order valence-electron chi connectivity index (χ2n) is 21.1. The summed E-state index contributed by atoms with van der Waals surface area (Å²) in [6, 6.07) is 8.03. The fraction of sp³-hybridized carbons (Fsp3) is 0.569. The molecule has 0 saturated carbocycles. The smallest absolute Gasteiger partial charge is 0.343 e. The van der Waals surface area contributed by atoms with Gasteiger partial charge in [0.15, 0.2) is 5.60 Å². The van der Waals surface area contributed by atoms with E-state index in [1.165, 1.54) is 10.6 Å². The van der Waals surface area contributed by atoms with Gasteiger partial charge in [0.05, 0.1) is 114 Å². The van der Waals surface area contributed by atoms with Gasteiger partial charge in [0, 0.05) is 64.8 Å². The summed E-state index contributed by atoms with van der Waals surface area (Å²) in [5.74, 6) is 2.54. The summed E-state index contributed by atoms with van der Waals surface area (Å²) < 4.78 is 55.1. The molecule has 4 atom stereocenters. The van der Waals surface area contributed by atoms with Crippen LogP contribution >= 0.6 is 0 Å². The minimum Gasteiger partial charge on any atom is -0.458 e. The maximum atomic E-state index is 15.5. The van der Waals surface area contributed by atoms with Crippen LogP contribution in [0.15, 0.2) is 46.3 Å². The van der Waals surface area contributed by atoms with Crippen molar-refractivity contribution in [2.45, 2.75) is 109 Å². The normalized spacial score (nSPS) is 16.9. The molecule has 456 valence electrons. The number of nitrogens with two attached hydrogens (primary N) is 1. The number of aromatic nitrogens is 2. The number of aryl methyl sites for hydroxylation is 1. The number of anilines is 1. The Morgan fingerprint density at radius 2 is 1.60 bits per heavy atom. The second-order valence-corrected chi connectivity index (χ2v) is 21.1. The van der Waals surface area contributed by atoms with E-state index in [2.05, 4.69) is 36.7 Å². The van der Waals surface area contributed by atoms with E-state index in [1.807, 2.05) is 0 Å². The highest BCUT2D eigenvalue weighted by atomic mass is 19.1. The van der Waals surface area contributed by atoms with Gasteiger partial charge in [0.1, 0.15) is 30.3 Å². The third-order valence-electron chi connectivity index (χ3n) is 15.2. The van der Waals surface area contributed by atoms with Crippen LogP contribution in [0, 0.1) is 18.7 Å². The maximum absolute atomic E-state index is 15.5. The Hall–Kier alpha value is -6.97. The first-order chi connectivity index (χ1) is 40.6. The molecule has 26 heteroatoms. The molecule has 25 nitrogen and oxygen atoms in total. The summed E-state index contributed by atoms with van der Waals surface area (Å²) in [4.78, 5) is 88.9. The number of aliphatic hydroxyl groups is 1. The quantitative estimate of drug-likeness (QED) is 0.00432. The minimum absolute atomic E-state index is 0.0192. The molecule has 0 saturated heterocycles. The van der Waals surface area contributed by atoms with Crippen LogP contribution < -0.4 is 38.1 Å². The van der Waals surface area contributed by atoms with Crippen molar-refractivity contribution in [3.05, 3.63) is 102 Å². The average Bonchev–Trinajstić information content (AvgIpc) is 1.63. The Morgan fingerprint density at radius 1 is 0.952 bits per heavy atom. The average molecular weight is 1170 g/mol. The molecule has 0 bridgehead atoms. The number of hydrogen-bond acceptors (Lipinski definition) is 19. The molecule has 0 spiro atoms. The molecule has 2 aliphatic heterocycles. The lowest BCUT2D eigenvalue weighted by atomic mass is 9.81. The van der Waals surface area contributed by atoms with Gasteiger partial charge in [0.25, 0.3) is 11.5 Å². The van der Waals surface area contributed by atoms with Crippen molar-refractivity contribution in [3.8, 4) is 11.4 Å². The van der Waals surface area contributed by atoms with Crippen LogP contribution in [0.4, 0.5) is 10.1 Å². The molecule has 1 unspecified atom stereocenters. The summed E-state index contributed by atoms with van der Waals surface area (Å²) in [6.07, 6.45) is 2.86. The number of benzene rings is 2. The SMILES string of the molecule is CC[C@@]1(O)C(=O)OCc2c1cc1n(c2=O)Cc2c-1nc1cc(F)c(C)c3c1c2[C@@H](NC(=O)c1ccc(NCC(C=O)(CCCCNN)NC(=O)[C@@H](NC(=O)CCOCCOCCOCCOCCOCCOCCN=[N+]=[N-])C(C)C)cc1)CC3.